The lowest BCUT2D eigenvalue weighted by molar-refractivity contribution is -0.165. The Morgan fingerprint density at radius 3 is 2.21 bits per heavy atom. The number of rotatable bonds is 7. The molecular weight excluding hydrogens is 395 g/mol. The number of hydrogen-bond donors (Lipinski definition) is 5. The van der Waals surface area contributed by atoms with Gasteiger partial charge in [0.25, 0.3) is 0 Å². The van der Waals surface area contributed by atoms with Gasteiger partial charge in [0, 0.05) is 30.2 Å². The lowest BCUT2D eigenvalue weighted by Gasteiger charge is -2.32. The first-order valence-corrected chi connectivity index (χ1v) is 9.14. The predicted octanol–water partition coefficient (Wildman–Crippen LogP) is 0.929. The summed E-state index contributed by atoms with van der Waals surface area (Å²) in [4.78, 5) is 22.0. The highest BCUT2D eigenvalue weighted by atomic mass is 35.5. The molecule has 0 saturated carbocycles. The van der Waals surface area contributed by atoms with Crippen LogP contribution in [-0.2, 0) is 16.1 Å². The van der Waals surface area contributed by atoms with E-state index in [1.54, 1.807) is 6.07 Å². The van der Waals surface area contributed by atoms with Crippen LogP contribution < -0.4 is 5.32 Å². The molecule has 2 rings (SSSR count). The number of aliphatic hydroxyl groups excluding tert-OH is 2. The van der Waals surface area contributed by atoms with Crippen molar-refractivity contribution in [2.75, 3.05) is 13.1 Å². The van der Waals surface area contributed by atoms with Crippen LogP contribution in [0.2, 0.25) is 5.02 Å². The van der Waals surface area contributed by atoms with Crippen molar-refractivity contribution in [2.45, 2.75) is 51.1 Å². The lowest BCUT2D eigenvalue weighted by Crippen LogP contribution is -2.41. The minimum Gasteiger partial charge on any atom is -0.479 e. The smallest absolute Gasteiger partial charge is 0.335 e. The molecule has 1 saturated heterocycles. The van der Waals surface area contributed by atoms with Crippen molar-refractivity contribution in [2.24, 2.45) is 0 Å². The normalized spacial score (nSPS) is 18.5. The molecule has 1 heterocycles. The summed E-state index contributed by atoms with van der Waals surface area (Å²) in [6.07, 6.45) is -3.37. The molecule has 0 bridgehead atoms. The molecule has 28 heavy (non-hydrogen) atoms. The van der Waals surface area contributed by atoms with E-state index in [4.69, 9.17) is 32.0 Å². The summed E-state index contributed by atoms with van der Waals surface area (Å²) in [5, 5.41) is 36.4. The summed E-state index contributed by atoms with van der Waals surface area (Å²) in [5.74, 6) is -3.81. The van der Waals surface area contributed by atoms with Crippen molar-refractivity contribution >= 4 is 23.5 Å². The van der Waals surface area contributed by atoms with Gasteiger partial charge in [0.1, 0.15) is 5.82 Å². The average molecular weight is 421 g/mol. The quantitative estimate of drug-likeness (QED) is 0.440. The monoisotopic (exact) mass is 420 g/mol. The molecule has 0 radical (unpaired) electrons. The Morgan fingerprint density at radius 2 is 1.82 bits per heavy atom. The van der Waals surface area contributed by atoms with E-state index >= 15 is 0 Å². The van der Waals surface area contributed by atoms with Crippen molar-refractivity contribution in [3.05, 3.63) is 34.6 Å². The Hall–Kier alpha value is -1.78. The van der Waals surface area contributed by atoms with Gasteiger partial charge in [-0.2, -0.15) is 0 Å². The minimum atomic E-state index is -2.27. The van der Waals surface area contributed by atoms with E-state index in [-0.39, 0.29) is 5.82 Å². The lowest BCUT2D eigenvalue weighted by atomic mass is 10.1. The van der Waals surface area contributed by atoms with Gasteiger partial charge < -0.3 is 25.7 Å². The second-order valence-electron chi connectivity index (χ2n) is 6.71. The fourth-order valence-corrected chi connectivity index (χ4v) is 3.00. The number of nitrogens with one attached hydrogen (secondary N) is 1. The fourth-order valence-electron chi connectivity index (χ4n) is 2.77. The number of aliphatic carboxylic acids is 2. The molecule has 0 amide bonds. The fraction of sp³-hybridized carbons (Fsp3) is 0.556. The minimum absolute atomic E-state index is 0.276. The summed E-state index contributed by atoms with van der Waals surface area (Å²) in [6, 6.07) is 5.66. The Kier molecular flexibility index (Phi) is 9.77. The Bertz CT molecular complexity index is 651. The topological polar surface area (TPSA) is 130 Å². The molecule has 3 atom stereocenters. The molecule has 158 valence electrons. The van der Waals surface area contributed by atoms with Gasteiger partial charge in [-0.25, -0.2) is 14.0 Å². The highest BCUT2D eigenvalue weighted by Gasteiger charge is 2.29. The van der Waals surface area contributed by atoms with Crippen molar-refractivity contribution in [3.63, 3.8) is 0 Å². The number of halogens is 2. The zero-order chi connectivity index (χ0) is 21.4. The highest BCUT2D eigenvalue weighted by molar-refractivity contribution is 6.31. The van der Waals surface area contributed by atoms with Crippen molar-refractivity contribution in [1.29, 1.82) is 0 Å². The van der Waals surface area contributed by atoms with E-state index in [9.17, 15) is 14.0 Å². The van der Waals surface area contributed by atoms with Gasteiger partial charge in [0.2, 0.25) is 0 Å². The first-order chi connectivity index (χ1) is 13.0. The van der Waals surface area contributed by atoms with Gasteiger partial charge in [-0.1, -0.05) is 17.7 Å². The maximum absolute atomic E-state index is 13.0. The number of carbonyl (C=O) groups is 2. The number of benzene rings is 1. The third-order valence-corrected chi connectivity index (χ3v) is 4.69. The van der Waals surface area contributed by atoms with Crippen LogP contribution in [0.1, 0.15) is 25.8 Å². The largest absolute Gasteiger partial charge is 0.479 e. The van der Waals surface area contributed by atoms with Crippen molar-refractivity contribution in [3.8, 4) is 0 Å². The van der Waals surface area contributed by atoms with Gasteiger partial charge in [0.15, 0.2) is 12.2 Å². The Labute approximate surface area is 167 Å². The van der Waals surface area contributed by atoms with Crippen LogP contribution in [0.3, 0.4) is 0 Å². The summed E-state index contributed by atoms with van der Waals surface area (Å²) in [6.45, 7) is 7.26. The first-order valence-electron chi connectivity index (χ1n) is 8.76. The number of carboxylic acids is 2. The van der Waals surface area contributed by atoms with Gasteiger partial charge in [-0.05, 0) is 44.5 Å². The molecule has 0 unspecified atom stereocenters. The SMILES string of the molecule is CC(C)N(Cc1ccc(F)cc1Cl)[C@H]1CCNC1.O=C(O)[C@H](O)[C@@H](O)C(=O)O. The summed E-state index contributed by atoms with van der Waals surface area (Å²) >= 11 is 6.10. The molecule has 1 aromatic rings. The molecule has 1 aliphatic rings. The molecular formula is C18H26ClFN2O6. The van der Waals surface area contributed by atoms with Crippen LogP contribution in [0.5, 0.6) is 0 Å². The molecule has 0 aromatic heterocycles. The molecule has 0 aliphatic carbocycles. The molecule has 1 fully saturated rings. The van der Waals surface area contributed by atoms with Gasteiger partial charge in [-0.3, -0.25) is 4.90 Å². The maximum Gasteiger partial charge on any atom is 0.335 e. The standard InChI is InChI=1S/C14H20ClFN2.C4H6O6/c1-10(2)18(13-5-6-17-8-13)9-11-3-4-12(16)7-14(11)15;5-1(3(7)8)2(6)4(9)10/h3-4,7,10,13,17H,5-6,8-9H2,1-2H3;1-2,5-6H,(H,7,8)(H,9,10)/t13-;1-,2-/m01/s1. The van der Waals surface area contributed by atoms with Crippen LogP contribution >= 0.6 is 11.6 Å². The Morgan fingerprint density at radius 1 is 1.25 bits per heavy atom. The number of hydrogen-bond acceptors (Lipinski definition) is 6. The van der Waals surface area contributed by atoms with Crippen LogP contribution in [0, 0.1) is 5.82 Å². The van der Waals surface area contributed by atoms with E-state index in [0.29, 0.717) is 17.1 Å². The van der Waals surface area contributed by atoms with Gasteiger partial charge in [-0.15, -0.1) is 0 Å². The zero-order valence-electron chi connectivity index (χ0n) is 15.7. The Balaban J connectivity index is 0.000000336. The van der Waals surface area contributed by atoms with E-state index in [1.807, 2.05) is 0 Å². The third-order valence-electron chi connectivity index (χ3n) is 4.34. The summed E-state index contributed by atoms with van der Waals surface area (Å²) in [7, 11) is 0. The molecule has 1 aromatic carbocycles. The number of nitrogens with zero attached hydrogens (tertiary/aromatic N) is 1. The first kappa shape index (κ1) is 24.3. The highest BCUT2D eigenvalue weighted by Crippen LogP contribution is 2.22. The molecule has 8 nitrogen and oxygen atoms in total. The average Bonchev–Trinajstić information content (AvgIpc) is 3.14. The number of carboxylic acid groups (broad SMARTS) is 2. The van der Waals surface area contributed by atoms with E-state index in [0.717, 1.165) is 31.6 Å². The van der Waals surface area contributed by atoms with Crippen LogP contribution in [0.15, 0.2) is 18.2 Å². The molecule has 10 heteroatoms. The predicted molar refractivity (Wildman–Crippen MR) is 101 cm³/mol. The second-order valence-corrected chi connectivity index (χ2v) is 7.12. The van der Waals surface area contributed by atoms with Gasteiger partial charge >= 0.3 is 11.9 Å². The summed E-state index contributed by atoms with van der Waals surface area (Å²) in [5.41, 5.74) is 0.999. The van der Waals surface area contributed by atoms with Crippen molar-refractivity contribution < 1.29 is 34.4 Å². The van der Waals surface area contributed by atoms with E-state index < -0.39 is 24.1 Å². The van der Waals surface area contributed by atoms with Crippen molar-refractivity contribution in [1.82, 2.24) is 10.2 Å². The third kappa shape index (κ3) is 7.33. The molecule has 0 spiro atoms. The maximum atomic E-state index is 13.0. The number of aliphatic hydroxyl groups is 2. The van der Waals surface area contributed by atoms with E-state index in [2.05, 4.69) is 24.1 Å². The van der Waals surface area contributed by atoms with Crippen LogP contribution in [-0.4, -0.2) is 74.6 Å². The zero-order valence-corrected chi connectivity index (χ0v) is 16.4. The van der Waals surface area contributed by atoms with E-state index in [1.165, 1.54) is 12.1 Å². The second kappa shape index (κ2) is 11.3. The summed E-state index contributed by atoms with van der Waals surface area (Å²) < 4.78 is 13.0. The van der Waals surface area contributed by atoms with Gasteiger partial charge in [0.05, 0.1) is 0 Å². The van der Waals surface area contributed by atoms with Crippen LogP contribution in [0.4, 0.5) is 4.39 Å². The molecule has 5 N–H and O–H groups in total. The molecule has 1 aliphatic heterocycles. The van der Waals surface area contributed by atoms with Crippen LogP contribution in [0.25, 0.3) is 0 Å².